The zero-order valence-electron chi connectivity index (χ0n) is 9.86. The van der Waals surface area contributed by atoms with E-state index >= 15 is 0 Å². The molecule has 0 saturated heterocycles. The van der Waals surface area contributed by atoms with Gasteiger partial charge in [0.15, 0.2) is 0 Å². The predicted molar refractivity (Wildman–Crippen MR) is 71.1 cm³/mol. The molecule has 0 spiro atoms. The summed E-state index contributed by atoms with van der Waals surface area (Å²) in [6.07, 6.45) is 2.21. The molecule has 2 aromatic rings. The molecular formula is C13H18N2S. The number of nitrogens with zero attached hydrogens (tertiary/aromatic N) is 1. The second-order valence-corrected chi connectivity index (χ2v) is 5.42. The van der Waals surface area contributed by atoms with E-state index in [1.54, 1.807) is 0 Å². The fourth-order valence-corrected chi connectivity index (χ4v) is 2.96. The molecule has 0 amide bonds. The van der Waals surface area contributed by atoms with Crippen LogP contribution in [0.5, 0.6) is 0 Å². The van der Waals surface area contributed by atoms with Crippen LogP contribution in [-0.4, -0.2) is 11.5 Å². The Balaban J connectivity index is 2.25. The average Bonchev–Trinajstić information content (AvgIpc) is 2.68. The highest BCUT2D eigenvalue weighted by Crippen LogP contribution is 2.30. The molecule has 16 heavy (non-hydrogen) atoms. The standard InChI is InChI=1S/C13H18N2S/c1-9-5-6-11-12(8-9)16-13(15-11)10(2)4-3-7-14/h5-6,8,10H,3-4,7,14H2,1-2H3. The minimum absolute atomic E-state index is 0.529. The number of nitrogens with two attached hydrogens (primary N) is 1. The summed E-state index contributed by atoms with van der Waals surface area (Å²) in [4.78, 5) is 4.68. The summed E-state index contributed by atoms with van der Waals surface area (Å²) in [6.45, 7) is 5.13. The second kappa shape index (κ2) is 4.93. The van der Waals surface area contributed by atoms with Gasteiger partial charge in [0.05, 0.1) is 15.2 Å². The van der Waals surface area contributed by atoms with Gasteiger partial charge in [0.25, 0.3) is 0 Å². The second-order valence-electron chi connectivity index (χ2n) is 4.36. The van der Waals surface area contributed by atoms with Crippen LogP contribution in [0.25, 0.3) is 10.2 Å². The van der Waals surface area contributed by atoms with Crippen LogP contribution in [0.15, 0.2) is 18.2 Å². The van der Waals surface area contributed by atoms with Crippen molar-refractivity contribution in [1.29, 1.82) is 0 Å². The van der Waals surface area contributed by atoms with Gasteiger partial charge < -0.3 is 5.73 Å². The van der Waals surface area contributed by atoms with Crippen molar-refractivity contribution < 1.29 is 0 Å². The molecule has 0 aliphatic heterocycles. The van der Waals surface area contributed by atoms with Gasteiger partial charge in [-0.2, -0.15) is 0 Å². The van der Waals surface area contributed by atoms with Crippen molar-refractivity contribution in [2.24, 2.45) is 5.73 Å². The van der Waals surface area contributed by atoms with E-state index in [2.05, 4.69) is 37.0 Å². The lowest BCUT2D eigenvalue weighted by atomic mass is 10.1. The van der Waals surface area contributed by atoms with Crippen molar-refractivity contribution in [3.05, 3.63) is 28.8 Å². The first-order valence-corrected chi connectivity index (χ1v) is 6.59. The van der Waals surface area contributed by atoms with E-state index in [0.29, 0.717) is 5.92 Å². The van der Waals surface area contributed by atoms with Crippen LogP contribution in [0.1, 0.15) is 36.3 Å². The minimum Gasteiger partial charge on any atom is -0.330 e. The number of benzene rings is 1. The molecule has 0 aliphatic carbocycles. The van der Waals surface area contributed by atoms with Gasteiger partial charge in [0.2, 0.25) is 0 Å². The zero-order valence-corrected chi connectivity index (χ0v) is 10.7. The summed E-state index contributed by atoms with van der Waals surface area (Å²) in [5.74, 6) is 0.529. The third-order valence-electron chi connectivity index (χ3n) is 2.82. The van der Waals surface area contributed by atoms with Crippen molar-refractivity contribution in [2.75, 3.05) is 6.54 Å². The molecule has 2 nitrogen and oxygen atoms in total. The molecule has 0 saturated carbocycles. The number of aryl methyl sites for hydroxylation is 1. The number of rotatable bonds is 4. The van der Waals surface area contributed by atoms with Gasteiger partial charge in [-0.25, -0.2) is 4.98 Å². The van der Waals surface area contributed by atoms with Gasteiger partial charge in [0.1, 0.15) is 0 Å². The van der Waals surface area contributed by atoms with Gasteiger partial charge in [-0.1, -0.05) is 13.0 Å². The smallest absolute Gasteiger partial charge is 0.0966 e. The van der Waals surface area contributed by atoms with Gasteiger partial charge in [-0.05, 0) is 44.0 Å². The average molecular weight is 234 g/mol. The lowest BCUT2D eigenvalue weighted by Gasteiger charge is -2.05. The number of aromatic nitrogens is 1. The number of fused-ring (bicyclic) bond motifs is 1. The molecule has 2 N–H and O–H groups in total. The van der Waals surface area contributed by atoms with Gasteiger partial charge in [-0.3, -0.25) is 0 Å². The largest absolute Gasteiger partial charge is 0.330 e. The molecule has 1 heterocycles. The quantitative estimate of drug-likeness (QED) is 0.880. The van der Waals surface area contributed by atoms with Crippen LogP contribution in [0.4, 0.5) is 0 Å². The topological polar surface area (TPSA) is 38.9 Å². The van der Waals surface area contributed by atoms with Crippen LogP contribution >= 0.6 is 11.3 Å². The number of hydrogen-bond donors (Lipinski definition) is 1. The molecule has 0 fully saturated rings. The van der Waals surface area contributed by atoms with E-state index in [1.807, 2.05) is 11.3 Å². The molecular weight excluding hydrogens is 216 g/mol. The van der Waals surface area contributed by atoms with Crippen LogP contribution in [0.3, 0.4) is 0 Å². The molecule has 2 rings (SSSR count). The Labute approximate surface area is 101 Å². The Hall–Kier alpha value is -0.930. The van der Waals surface area contributed by atoms with Crippen LogP contribution < -0.4 is 5.73 Å². The van der Waals surface area contributed by atoms with E-state index in [1.165, 1.54) is 15.3 Å². The Morgan fingerprint density at radius 3 is 3.00 bits per heavy atom. The van der Waals surface area contributed by atoms with E-state index in [9.17, 15) is 0 Å². The summed E-state index contributed by atoms with van der Waals surface area (Å²) in [5.41, 5.74) is 7.97. The van der Waals surface area contributed by atoms with Crippen molar-refractivity contribution in [2.45, 2.75) is 32.6 Å². The third kappa shape index (κ3) is 2.42. The monoisotopic (exact) mass is 234 g/mol. The van der Waals surface area contributed by atoms with Crippen LogP contribution in [0, 0.1) is 6.92 Å². The maximum Gasteiger partial charge on any atom is 0.0966 e. The maximum atomic E-state index is 5.53. The molecule has 1 unspecified atom stereocenters. The Kier molecular flexibility index (Phi) is 3.56. The maximum absolute atomic E-state index is 5.53. The fourth-order valence-electron chi connectivity index (χ4n) is 1.81. The molecule has 1 atom stereocenters. The summed E-state index contributed by atoms with van der Waals surface area (Å²) < 4.78 is 1.30. The lowest BCUT2D eigenvalue weighted by Crippen LogP contribution is -2.01. The molecule has 3 heteroatoms. The molecule has 0 aliphatic rings. The lowest BCUT2D eigenvalue weighted by molar-refractivity contribution is 0.638. The van der Waals surface area contributed by atoms with Gasteiger partial charge >= 0.3 is 0 Å². The van der Waals surface area contributed by atoms with E-state index in [0.717, 1.165) is 24.9 Å². The highest BCUT2D eigenvalue weighted by Gasteiger charge is 2.10. The van der Waals surface area contributed by atoms with Crippen molar-refractivity contribution in [3.8, 4) is 0 Å². The summed E-state index contributed by atoms with van der Waals surface area (Å²) in [7, 11) is 0. The van der Waals surface area contributed by atoms with Crippen LogP contribution in [-0.2, 0) is 0 Å². The number of thiazole rings is 1. The van der Waals surface area contributed by atoms with E-state index < -0.39 is 0 Å². The highest BCUT2D eigenvalue weighted by atomic mass is 32.1. The summed E-state index contributed by atoms with van der Waals surface area (Å²) in [5, 5.41) is 1.24. The zero-order chi connectivity index (χ0) is 11.5. The predicted octanol–water partition coefficient (Wildman–Crippen LogP) is 3.45. The number of hydrogen-bond acceptors (Lipinski definition) is 3. The molecule has 1 aromatic carbocycles. The van der Waals surface area contributed by atoms with Crippen molar-refractivity contribution in [3.63, 3.8) is 0 Å². The van der Waals surface area contributed by atoms with Gasteiger partial charge in [-0.15, -0.1) is 11.3 Å². The first kappa shape index (κ1) is 11.6. The first-order chi connectivity index (χ1) is 7.70. The molecule has 1 aromatic heterocycles. The highest BCUT2D eigenvalue weighted by molar-refractivity contribution is 7.18. The summed E-state index contributed by atoms with van der Waals surface area (Å²) >= 11 is 1.82. The Morgan fingerprint density at radius 2 is 2.25 bits per heavy atom. The normalized spacial score (nSPS) is 13.2. The Morgan fingerprint density at radius 1 is 1.44 bits per heavy atom. The third-order valence-corrected chi connectivity index (χ3v) is 4.07. The first-order valence-electron chi connectivity index (χ1n) is 5.78. The van der Waals surface area contributed by atoms with E-state index in [4.69, 9.17) is 5.73 Å². The van der Waals surface area contributed by atoms with Gasteiger partial charge in [0, 0.05) is 5.92 Å². The fraction of sp³-hybridized carbons (Fsp3) is 0.462. The van der Waals surface area contributed by atoms with Crippen molar-refractivity contribution in [1.82, 2.24) is 4.98 Å². The SMILES string of the molecule is Cc1ccc2nc(C(C)CCCN)sc2c1. The summed E-state index contributed by atoms with van der Waals surface area (Å²) in [6, 6.07) is 6.45. The van der Waals surface area contributed by atoms with E-state index in [-0.39, 0.29) is 0 Å². The Bertz CT molecular complexity index is 476. The molecule has 0 bridgehead atoms. The van der Waals surface area contributed by atoms with Crippen LogP contribution in [0.2, 0.25) is 0 Å². The molecule has 86 valence electrons. The minimum atomic E-state index is 0.529. The van der Waals surface area contributed by atoms with Crippen molar-refractivity contribution >= 4 is 21.6 Å². The molecule has 0 radical (unpaired) electrons.